The maximum absolute atomic E-state index is 12.7. The highest BCUT2D eigenvalue weighted by molar-refractivity contribution is 6.30. The largest absolute Gasteiger partial charge is 0.486 e. The van der Waals surface area contributed by atoms with Crippen LogP contribution in [0.25, 0.3) is 5.69 Å². The van der Waals surface area contributed by atoms with Crippen LogP contribution >= 0.6 is 11.6 Å². The number of anilines is 1. The van der Waals surface area contributed by atoms with Gasteiger partial charge >= 0.3 is 0 Å². The van der Waals surface area contributed by atoms with Crippen molar-refractivity contribution in [2.45, 2.75) is 13.8 Å². The minimum Gasteiger partial charge on any atom is -0.486 e. The van der Waals surface area contributed by atoms with Crippen molar-refractivity contribution < 1.29 is 14.3 Å². The molecule has 2 heterocycles. The van der Waals surface area contributed by atoms with Gasteiger partial charge < -0.3 is 14.8 Å². The Balaban J connectivity index is 1.60. The second kappa shape index (κ2) is 6.92. The molecule has 3 aromatic rings. The number of fused-ring (bicyclic) bond motifs is 1. The number of hydrogen-bond acceptors (Lipinski definition) is 5. The van der Waals surface area contributed by atoms with Gasteiger partial charge in [-0.3, -0.25) is 4.79 Å². The first-order chi connectivity index (χ1) is 13.0. The van der Waals surface area contributed by atoms with Crippen LogP contribution in [0.4, 0.5) is 5.69 Å². The number of aromatic nitrogens is 3. The van der Waals surface area contributed by atoms with Gasteiger partial charge in [-0.05, 0) is 43.7 Å². The van der Waals surface area contributed by atoms with Crippen molar-refractivity contribution >= 4 is 23.2 Å². The number of benzene rings is 2. The summed E-state index contributed by atoms with van der Waals surface area (Å²) in [5.74, 6) is 0.918. The van der Waals surface area contributed by atoms with Gasteiger partial charge in [-0.2, -0.15) is 0 Å². The van der Waals surface area contributed by atoms with Crippen LogP contribution in [0.5, 0.6) is 11.5 Å². The summed E-state index contributed by atoms with van der Waals surface area (Å²) in [4.78, 5) is 12.7. The summed E-state index contributed by atoms with van der Waals surface area (Å²) in [6.07, 6.45) is 0. The minimum absolute atomic E-state index is 0.240. The van der Waals surface area contributed by atoms with Crippen LogP contribution < -0.4 is 14.8 Å². The Labute approximate surface area is 160 Å². The third kappa shape index (κ3) is 3.33. The lowest BCUT2D eigenvalue weighted by atomic mass is 10.2. The smallest absolute Gasteiger partial charge is 0.278 e. The van der Waals surface area contributed by atoms with Gasteiger partial charge in [0.1, 0.15) is 13.2 Å². The molecule has 1 aliphatic rings. The molecule has 0 bridgehead atoms. The van der Waals surface area contributed by atoms with E-state index < -0.39 is 0 Å². The molecular weight excluding hydrogens is 368 g/mol. The van der Waals surface area contributed by atoms with Crippen molar-refractivity contribution in [2.24, 2.45) is 0 Å². The molecule has 0 radical (unpaired) electrons. The van der Waals surface area contributed by atoms with Gasteiger partial charge in [-0.1, -0.05) is 22.9 Å². The molecule has 1 aliphatic heterocycles. The molecule has 0 fully saturated rings. The van der Waals surface area contributed by atoms with Gasteiger partial charge in [-0.25, -0.2) is 4.68 Å². The van der Waals surface area contributed by atoms with E-state index in [1.54, 1.807) is 35.9 Å². The predicted molar refractivity (Wildman–Crippen MR) is 101 cm³/mol. The second-order valence-corrected chi connectivity index (χ2v) is 6.62. The lowest BCUT2D eigenvalue weighted by molar-refractivity contribution is 0.102. The minimum atomic E-state index is -0.352. The van der Waals surface area contributed by atoms with E-state index in [4.69, 9.17) is 21.1 Å². The van der Waals surface area contributed by atoms with Gasteiger partial charge in [0.25, 0.3) is 5.91 Å². The van der Waals surface area contributed by atoms with E-state index in [1.165, 1.54) is 0 Å². The van der Waals surface area contributed by atoms with Crippen molar-refractivity contribution in [1.82, 2.24) is 15.0 Å². The molecule has 0 spiro atoms. The van der Waals surface area contributed by atoms with Crippen molar-refractivity contribution in [2.75, 3.05) is 18.5 Å². The fraction of sp³-hybridized carbons (Fsp3) is 0.211. The monoisotopic (exact) mass is 384 g/mol. The molecule has 2 aromatic carbocycles. The Hall–Kier alpha value is -3.06. The van der Waals surface area contributed by atoms with E-state index in [2.05, 4.69) is 15.6 Å². The van der Waals surface area contributed by atoms with Crippen molar-refractivity contribution in [1.29, 1.82) is 0 Å². The van der Waals surface area contributed by atoms with Gasteiger partial charge in [0, 0.05) is 16.8 Å². The number of rotatable bonds is 3. The summed E-state index contributed by atoms with van der Waals surface area (Å²) in [5, 5.41) is 11.6. The second-order valence-electron chi connectivity index (χ2n) is 6.18. The summed E-state index contributed by atoms with van der Waals surface area (Å²) in [6, 6.07) is 10.7. The fourth-order valence-electron chi connectivity index (χ4n) is 2.89. The van der Waals surface area contributed by atoms with E-state index in [0.29, 0.717) is 41.1 Å². The Kier molecular flexibility index (Phi) is 4.45. The number of aryl methyl sites for hydroxylation is 1. The number of halogens is 1. The quantitative estimate of drug-likeness (QED) is 0.747. The zero-order valence-electron chi connectivity index (χ0n) is 14.8. The van der Waals surface area contributed by atoms with Crippen LogP contribution in [-0.4, -0.2) is 34.1 Å². The summed E-state index contributed by atoms with van der Waals surface area (Å²) in [6.45, 7) is 4.74. The SMILES string of the molecule is Cc1ccc(Cl)cc1-n1nnc(C(=O)Nc2ccc3c(c2)OCCO3)c1C. The first-order valence-corrected chi connectivity index (χ1v) is 8.80. The number of hydrogen-bond donors (Lipinski definition) is 1. The number of carbonyl (C=O) groups is 1. The number of ether oxygens (including phenoxy) is 2. The van der Waals surface area contributed by atoms with Gasteiger partial charge in [-0.15, -0.1) is 5.10 Å². The molecular formula is C19H17ClN4O3. The third-order valence-corrected chi connectivity index (χ3v) is 4.54. The predicted octanol–water partition coefficient (Wildman–Crippen LogP) is 3.56. The Morgan fingerprint density at radius 2 is 1.89 bits per heavy atom. The average molecular weight is 385 g/mol. The standard InChI is InChI=1S/C19H17ClN4O3/c1-11-3-4-13(20)9-15(11)24-12(2)18(22-23-24)19(25)21-14-5-6-16-17(10-14)27-8-7-26-16/h3-6,9-10H,7-8H2,1-2H3,(H,21,25). The van der Waals surface area contributed by atoms with E-state index in [-0.39, 0.29) is 11.6 Å². The lowest BCUT2D eigenvalue weighted by Gasteiger charge is -2.18. The maximum Gasteiger partial charge on any atom is 0.278 e. The van der Waals surface area contributed by atoms with Crippen molar-refractivity contribution in [3.63, 3.8) is 0 Å². The topological polar surface area (TPSA) is 78.3 Å². The van der Waals surface area contributed by atoms with Crippen LogP contribution in [0.3, 0.4) is 0 Å². The first kappa shape index (κ1) is 17.4. The highest BCUT2D eigenvalue weighted by atomic mass is 35.5. The number of nitrogens with one attached hydrogen (secondary N) is 1. The van der Waals surface area contributed by atoms with Gasteiger partial charge in [0.15, 0.2) is 17.2 Å². The van der Waals surface area contributed by atoms with Gasteiger partial charge in [0.2, 0.25) is 0 Å². The van der Waals surface area contributed by atoms with Crippen LogP contribution in [0.2, 0.25) is 5.02 Å². The molecule has 4 rings (SSSR count). The molecule has 7 nitrogen and oxygen atoms in total. The normalized spacial score (nSPS) is 12.7. The Morgan fingerprint density at radius 3 is 2.70 bits per heavy atom. The molecule has 27 heavy (non-hydrogen) atoms. The zero-order chi connectivity index (χ0) is 19.0. The van der Waals surface area contributed by atoms with Crippen molar-refractivity contribution in [3.8, 4) is 17.2 Å². The molecule has 138 valence electrons. The van der Waals surface area contributed by atoms with Crippen LogP contribution in [0.15, 0.2) is 36.4 Å². The van der Waals surface area contributed by atoms with E-state index in [1.807, 2.05) is 19.1 Å². The fourth-order valence-corrected chi connectivity index (χ4v) is 3.06. The van der Waals surface area contributed by atoms with Crippen LogP contribution in [0, 0.1) is 13.8 Å². The molecule has 1 aromatic heterocycles. The Bertz CT molecular complexity index is 1030. The third-order valence-electron chi connectivity index (χ3n) is 4.31. The number of amides is 1. The number of carbonyl (C=O) groups excluding carboxylic acids is 1. The van der Waals surface area contributed by atoms with Crippen LogP contribution in [-0.2, 0) is 0 Å². The first-order valence-electron chi connectivity index (χ1n) is 8.43. The molecule has 0 atom stereocenters. The van der Waals surface area contributed by atoms with E-state index >= 15 is 0 Å². The van der Waals surface area contributed by atoms with Gasteiger partial charge in [0.05, 0.1) is 11.4 Å². The average Bonchev–Trinajstić information content (AvgIpc) is 3.05. The number of nitrogens with zero attached hydrogens (tertiary/aromatic N) is 3. The molecule has 1 amide bonds. The van der Waals surface area contributed by atoms with Crippen molar-refractivity contribution in [3.05, 3.63) is 58.4 Å². The summed E-state index contributed by atoms with van der Waals surface area (Å²) in [7, 11) is 0. The molecule has 0 saturated carbocycles. The molecule has 1 N–H and O–H groups in total. The molecule has 8 heteroatoms. The molecule has 0 saturated heterocycles. The maximum atomic E-state index is 12.7. The van der Waals surface area contributed by atoms with Crippen LogP contribution in [0.1, 0.15) is 21.7 Å². The molecule has 0 aliphatic carbocycles. The molecule has 0 unspecified atom stereocenters. The summed E-state index contributed by atoms with van der Waals surface area (Å²) in [5.41, 5.74) is 3.22. The van der Waals surface area contributed by atoms with E-state index in [9.17, 15) is 4.79 Å². The lowest BCUT2D eigenvalue weighted by Crippen LogP contribution is -2.17. The zero-order valence-corrected chi connectivity index (χ0v) is 15.6. The summed E-state index contributed by atoms with van der Waals surface area (Å²) >= 11 is 6.09. The highest BCUT2D eigenvalue weighted by Crippen LogP contribution is 2.32. The highest BCUT2D eigenvalue weighted by Gasteiger charge is 2.20. The summed E-state index contributed by atoms with van der Waals surface area (Å²) < 4.78 is 12.6. The van der Waals surface area contributed by atoms with E-state index in [0.717, 1.165) is 11.3 Å². The Morgan fingerprint density at radius 1 is 1.11 bits per heavy atom.